The van der Waals surface area contributed by atoms with E-state index in [4.69, 9.17) is 0 Å². The molecule has 0 aliphatic carbocycles. The second-order valence-corrected chi connectivity index (χ2v) is 6.68. The second kappa shape index (κ2) is 6.20. The van der Waals surface area contributed by atoms with E-state index in [1.54, 1.807) is 0 Å². The molecule has 1 aliphatic rings. The molecule has 2 unspecified atom stereocenters. The predicted molar refractivity (Wildman–Crippen MR) is 92.9 cm³/mol. The summed E-state index contributed by atoms with van der Waals surface area (Å²) < 4.78 is 1.18. The number of hydrogen-bond acceptors (Lipinski definition) is 2. The van der Waals surface area contributed by atoms with Crippen LogP contribution in [0.5, 0.6) is 0 Å². The molecule has 1 saturated heterocycles. The smallest absolute Gasteiger partial charge is 0.0514 e. The summed E-state index contributed by atoms with van der Waals surface area (Å²) in [4.78, 5) is 2.50. The summed E-state index contributed by atoms with van der Waals surface area (Å²) in [5, 5.41) is 3.66. The van der Waals surface area contributed by atoms with E-state index in [1.807, 2.05) is 0 Å². The minimum Gasteiger partial charge on any atom is -0.365 e. The number of piperazine rings is 1. The van der Waals surface area contributed by atoms with E-state index < -0.39 is 0 Å². The zero-order chi connectivity index (χ0) is 14.8. The zero-order valence-electron chi connectivity index (χ0n) is 12.5. The van der Waals surface area contributed by atoms with Gasteiger partial charge in [-0.25, -0.2) is 0 Å². The standard InChI is InChI=1S/C18H21BrN2/c1-13-8-9-18(16(19)10-13)21-12-17(20-11-14(21)2)15-6-4-3-5-7-15/h3-10,14,17,20H,11-12H2,1-2H3. The van der Waals surface area contributed by atoms with Crippen molar-refractivity contribution in [2.24, 2.45) is 0 Å². The van der Waals surface area contributed by atoms with Crippen LogP contribution in [0.3, 0.4) is 0 Å². The Hall–Kier alpha value is -1.32. The molecule has 1 aliphatic heterocycles. The molecule has 21 heavy (non-hydrogen) atoms. The van der Waals surface area contributed by atoms with Gasteiger partial charge in [-0.05, 0) is 53.0 Å². The Balaban J connectivity index is 1.87. The molecule has 0 radical (unpaired) electrons. The van der Waals surface area contributed by atoms with E-state index in [0.717, 1.165) is 13.1 Å². The molecule has 2 aromatic rings. The molecule has 2 atom stereocenters. The van der Waals surface area contributed by atoms with Crippen LogP contribution in [-0.2, 0) is 0 Å². The normalized spacial score (nSPS) is 22.3. The van der Waals surface area contributed by atoms with Crippen LogP contribution < -0.4 is 10.2 Å². The van der Waals surface area contributed by atoms with Crippen LogP contribution in [0.4, 0.5) is 5.69 Å². The topological polar surface area (TPSA) is 15.3 Å². The van der Waals surface area contributed by atoms with Gasteiger partial charge in [-0.1, -0.05) is 36.4 Å². The van der Waals surface area contributed by atoms with Gasteiger partial charge in [-0.3, -0.25) is 0 Å². The highest BCUT2D eigenvalue weighted by atomic mass is 79.9. The Kier molecular flexibility index (Phi) is 4.32. The lowest BCUT2D eigenvalue weighted by atomic mass is 10.0. The van der Waals surface area contributed by atoms with Crippen molar-refractivity contribution in [3.8, 4) is 0 Å². The maximum absolute atomic E-state index is 3.72. The van der Waals surface area contributed by atoms with Crippen molar-refractivity contribution in [3.63, 3.8) is 0 Å². The quantitative estimate of drug-likeness (QED) is 0.873. The molecule has 1 N–H and O–H groups in total. The van der Waals surface area contributed by atoms with Crippen LogP contribution >= 0.6 is 15.9 Å². The summed E-state index contributed by atoms with van der Waals surface area (Å²) in [6.07, 6.45) is 0. The zero-order valence-corrected chi connectivity index (χ0v) is 14.1. The molecule has 2 aromatic carbocycles. The van der Waals surface area contributed by atoms with Crippen LogP contribution in [0.2, 0.25) is 0 Å². The van der Waals surface area contributed by atoms with E-state index >= 15 is 0 Å². The monoisotopic (exact) mass is 344 g/mol. The van der Waals surface area contributed by atoms with Gasteiger partial charge >= 0.3 is 0 Å². The average molecular weight is 345 g/mol. The number of aryl methyl sites for hydroxylation is 1. The molecule has 3 rings (SSSR count). The summed E-state index contributed by atoms with van der Waals surface area (Å²) in [7, 11) is 0. The highest BCUT2D eigenvalue weighted by Gasteiger charge is 2.27. The summed E-state index contributed by atoms with van der Waals surface area (Å²) in [5.74, 6) is 0. The number of halogens is 1. The first-order chi connectivity index (χ1) is 10.1. The van der Waals surface area contributed by atoms with Crippen LogP contribution in [0, 0.1) is 6.92 Å². The Morgan fingerprint density at radius 2 is 1.90 bits per heavy atom. The molecule has 0 amide bonds. The molecule has 2 nitrogen and oxygen atoms in total. The molecule has 0 spiro atoms. The highest BCUT2D eigenvalue weighted by Crippen LogP contribution is 2.32. The number of anilines is 1. The van der Waals surface area contributed by atoms with Crippen LogP contribution in [0.1, 0.15) is 24.1 Å². The first-order valence-corrected chi connectivity index (χ1v) is 8.25. The molecule has 1 fully saturated rings. The van der Waals surface area contributed by atoms with Gasteiger partial charge in [0.25, 0.3) is 0 Å². The van der Waals surface area contributed by atoms with Crippen LogP contribution in [0.15, 0.2) is 53.0 Å². The number of hydrogen-bond donors (Lipinski definition) is 1. The number of nitrogens with zero attached hydrogens (tertiary/aromatic N) is 1. The first-order valence-electron chi connectivity index (χ1n) is 7.46. The average Bonchev–Trinajstić information content (AvgIpc) is 2.49. The lowest BCUT2D eigenvalue weighted by molar-refractivity contribution is 0.414. The van der Waals surface area contributed by atoms with Crippen molar-refractivity contribution < 1.29 is 0 Å². The van der Waals surface area contributed by atoms with Gasteiger partial charge in [0.05, 0.1) is 5.69 Å². The second-order valence-electron chi connectivity index (χ2n) is 5.83. The molecule has 3 heteroatoms. The summed E-state index contributed by atoms with van der Waals surface area (Å²) in [6.45, 7) is 6.40. The third-order valence-electron chi connectivity index (χ3n) is 4.19. The van der Waals surface area contributed by atoms with E-state index in [2.05, 4.69) is 88.5 Å². The number of rotatable bonds is 2. The number of nitrogens with one attached hydrogen (secondary N) is 1. The fourth-order valence-corrected chi connectivity index (χ4v) is 3.67. The summed E-state index contributed by atoms with van der Waals surface area (Å²) >= 11 is 3.72. The van der Waals surface area contributed by atoms with Gasteiger partial charge in [0.1, 0.15) is 0 Å². The van der Waals surface area contributed by atoms with Crippen molar-refractivity contribution in [3.05, 3.63) is 64.1 Å². The fraction of sp³-hybridized carbons (Fsp3) is 0.333. The van der Waals surface area contributed by atoms with Gasteiger partial charge in [0.15, 0.2) is 0 Å². The van der Waals surface area contributed by atoms with Crippen molar-refractivity contribution in [2.45, 2.75) is 25.9 Å². The van der Waals surface area contributed by atoms with Gasteiger partial charge in [-0.2, -0.15) is 0 Å². The maximum Gasteiger partial charge on any atom is 0.0514 e. The predicted octanol–water partition coefficient (Wildman–Crippen LogP) is 4.30. The molecule has 1 heterocycles. The third kappa shape index (κ3) is 3.14. The Bertz CT molecular complexity index is 612. The Labute approximate surface area is 135 Å². The van der Waals surface area contributed by atoms with Crippen molar-refractivity contribution in [1.29, 1.82) is 0 Å². The van der Waals surface area contributed by atoms with E-state index in [0.29, 0.717) is 12.1 Å². The minimum atomic E-state index is 0.385. The molecule has 0 saturated carbocycles. The van der Waals surface area contributed by atoms with Crippen LogP contribution in [-0.4, -0.2) is 19.1 Å². The summed E-state index contributed by atoms with van der Waals surface area (Å²) in [5.41, 5.74) is 3.93. The summed E-state index contributed by atoms with van der Waals surface area (Å²) in [6, 6.07) is 18.2. The first kappa shape index (κ1) is 14.6. The Morgan fingerprint density at radius 1 is 1.14 bits per heavy atom. The third-order valence-corrected chi connectivity index (χ3v) is 4.82. The van der Waals surface area contributed by atoms with Gasteiger partial charge in [0.2, 0.25) is 0 Å². The molecule has 0 aromatic heterocycles. The minimum absolute atomic E-state index is 0.385. The Morgan fingerprint density at radius 3 is 2.62 bits per heavy atom. The molecule has 110 valence electrons. The molecular weight excluding hydrogens is 324 g/mol. The molecular formula is C18H21BrN2. The highest BCUT2D eigenvalue weighted by molar-refractivity contribution is 9.10. The van der Waals surface area contributed by atoms with E-state index in [-0.39, 0.29) is 0 Å². The lowest BCUT2D eigenvalue weighted by Gasteiger charge is -2.41. The van der Waals surface area contributed by atoms with E-state index in [1.165, 1.54) is 21.3 Å². The maximum atomic E-state index is 3.72. The van der Waals surface area contributed by atoms with Crippen molar-refractivity contribution in [1.82, 2.24) is 5.32 Å². The van der Waals surface area contributed by atoms with Gasteiger partial charge in [0, 0.05) is 29.6 Å². The van der Waals surface area contributed by atoms with Crippen molar-refractivity contribution in [2.75, 3.05) is 18.0 Å². The van der Waals surface area contributed by atoms with Crippen molar-refractivity contribution >= 4 is 21.6 Å². The van der Waals surface area contributed by atoms with Gasteiger partial charge in [-0.15, -0.1) is 0 Å². The SMILES string of the molecule is Cc1ccc(N2CC(c3ccccc3)NCC2C)c(Br)c1. The van der Waals surface area contributed by atoms with Gasteiger partial charge < -0.3 is 10.2 Å². The fourth-order valence-electron chi connectivity index (χ4n) is 2.95. The van der Waals surface area contributed by atoms with Crippen LogP contribution in [0.25, 0.3) is 0 Å². The molecule has 0 bridgehead atoms. The number of benzene rings is 2. The van der Waals surface area contributed by atoms with E-state index in [9.17, 15) is 0 Å². The lowest BCUT2D eigenvalue weighted by Crippen LogP contribution is -2.51. The largest absolute Gasteiger partial charge is 0.365 e.